The van der Waals surface area contributed by atoms with E-state index in [0.717, 1.165) is 16.5 Å². The van der Waals surface area contributed by atoms with Crippen LogP contribution in [0.25, 0.3) is 38.9 Å². The van der Waals surface area contributed by atoms with Gasteiger partial charge in [-0.15, -0.1) is 0 Å². The van der Waals surface area contributed by atoms with Gasteiger partial charge in [0.05, 0.1) is 28.6 Å². The minimum Gasteiger partial charge on any atom is -0.478 e. The number of aromatic nitrogens is 6. The zero-order valence-corrected chi connectivity index (χ0v) is 21.2. The number of benzene rings is 2. The number of nitrogens with two attached hydrogens (primary N) is 1. The maximum Gasteiger partial charge on any atom is 0.335 e. The SMILES string of the molecule is Cc1cccnc1-n1c(Cn2nc(-c3cccc(C(=O)O)c3)c3c(N)ncnc32)cc2cccc(C)c2c1=O. The predicted octanol–water partition coefficient (Wildman–Crippen LogP) is 4.14. The summed E-state index contributed by atoms with van der Waals surface area (Å²) in [6.45, 7) is 3.99. The van der Waals surface area contributed by atoms with E-state index in [0.29, 0.717) is 39.2 Å². The van der Waals surface area contributed by atoms with Crippen molar-refractivity contribution in [2.75, 3.05) is 5.73 Å². The van der Waals surface area contributed by atoms with E-state index in [2.05, 4.69) is 15.0 Å². The molecule has 39 heavy (non-hydrogen) atoms. The molecule has 4 heterocycles. The molecule has 6 rings (SSSR count). The van der Waals surface area contributed by atoms with Crippen LogP contribution in [-0.4, -0.2) is 40.4 Å². The van der Waals surface area contributed by atoms with Gasteiger partial charge in [0.15, 0.2) is 5.65 Å². The van der Waals surface area contributed by atoms with Crippen LogP contribution >= 0.6 is 0 Å². The van der Waals surface area contributed by atoms with E-state index < -0.39 is 5.97 Å². The standard InChI is InChI=1S/C29H23N7O3/c1-16-6-3-8-18-13-21(36(28(37)22(16)18)26-17(2)7-5-11-31-26)14-35-27-23(25(30)32-15-33-27)24(34-35)19-9-4-10-20(12-19)29(38)39/h3-13,15H,14H2,1-2H3,(H,38,39)(H2,30,32,33). The molecule has 0 unspecified atom stereocenters. The second kappa shape index (κ2) is 9.18. The molecule has 0 radical (unpaired) electrons. The number of carboxylic acid groups (broad SMARTS) is 1. The van der Waals surface area contributed by atoms with Gasteiger partial charge < -0.3 is 10.8 Å². The average molecular weight is 518 g/mol. The van der Waals surface area contributed by atoms with Crippen LogP contribution in [0, 0.1) is 13.8 Å². The summed E-state index contributed by atoms with van der Waals surface area (Å²) in [6, 6.07) is 17.9. The van der Waals surface area contributed by atoms with Crippen LogP contribution in [0.2, 0.25) is 0 Å². The van der Waals surface area contributed by atoms with Gasteiger partial charge in [-0.05, 0) is 54.6 Å². The number of aryl methyl sites for hydroxylation is 2. The highest BCUT2D eigenvalue weighted by molar-refractivity contribution is 5.99. The molecule has 0 bridgehead atoms. The lowest BCUT2D eigenvalue weighted by molar-refractivity contribution is 0.0697. The first-order valence-corrected chi connectivity index (χ1v) is 12.2. The summed E-state index contributed by atoms with van der Waals surface area (Å²) in [5, 5.41) is 16.2. The van der Waals surface area contributed by atoms with Gasteiger partial charge in [-0.2, -0.15) is 5.10 Å². The third-order valence-electron chi connectivity index (χ3n) is 6.78. The number of carboxylic acids is 1. The minimum atomic E-state index is -1.05. The second-order valence-corrected chi connectivity index (χ2v) is 9.31. The van der Waals surface area contributed by atoms with Crippen LogP contribution in [0.15, 0.2) is 78.0 Å². The predicted molar refractivity (Wildman–Crippen MR) is 148 cm³/mol. The number of fused-ring (bicyclic) bond motifs is 2. The molecule has 0 atom stereocenters. The van der Waals surface area contributed by atoms with Crippen LogP contribution in [0.1, 0.15) is 27.2 Å². The van der Waals surface area contributed by atoms with E-state index in [1.807, 2.05) is 50.2 Å². The quantitative estimate of drug-likeness (QED) is 0.348. The average Bonchev–Trinajstić information content (AvgIpc) is 3.29. The Labute approximate surface area is 222 Å². The molecule has 2 aromatic carbocycles. The molecular formula is C29H23N7O3. The zero-order chi connectivity index (χ0) is 27.3. The van der Waals surface area contributed by atoms with Crippen molar-refractivity contribution in [1.29, 1.82) is 0 Å². The third-order valence-corrected chi connectivity index (χ3v) is 6.78. The summed E-state index contributed by atoms with van der Waals surface area (Å²) in [4.78, 5) is 38.7. The normalized spacial score (nSPS) is 11.3. The molecule has 10 heteroatoms. The largest absolute Gasteiger partial charge is 0.478 e. The lowest BCUT2D eigenvalue weighted by Crippen LogP contribution is -2.26. The topological polar surface area (TPSA) is 142 Å². The Morgan fingerprint density at radius 1 is 0.949 bits per heavy atom. The molecule has 0 saturated carbocycles. The Hall–Kier alpha value is -5.38. The van der Waals surface area contributed by atoms with Crippen LogP contribution < -0.4 is 11.3 Å². The van der Waals surface area contributed by atoms with Crippen molar-refractivity contribution >= 4 is 33.6 Å². The smallest absolute Gasteiger partial charge is 0.335 e. The number of hydrogen-bond acceptors (Lipinski definition) is 7. The zero-order valence-electron chi connectivity index (χ0n) is 21.2. The molecule has 0 aliphatic carbocycles. The van der Waals surface area contributed by atoms with Crippen LogP contribution in [0.4, 0.5) is 5.82 Å². The monoisotopic (exact) mass is 517 g/mol. The maximum atomic E-state index is 14.0. The first-order valence-electron chi connectivity index (χ1n) is 12.2. The lowest BCUT2D eigenvalue weighted by Gasteiger charge is -2.16. The van der Waals surface area contributed by atoms with Crippen molar-refractivity contribution in [1.82, 2.24) is 29.3 Å². The van der Waals surface area contributed by atoms with Crippen molar-refractivity contribution in [2.24, 2.45) is 0 Å². The number of aromatic carboxylic acids is 1. The number of nitrogens with zero attached hydrogens (tertiary/aromatic N) is 6. The van der Waals surface area contributed by atoms with Gasteiger partial charge in [0.25, 0.3) is 5.56 Å². The number of pyridine rings is 2. The van der Waals surface area contributed by atoms with Gasteiger partial charge in [0.2, 0.25) is 0 Å². The van der Waals surface area contributed by atoms with Gasteiger partial charge >= 0.3 is 5.97 Å². The molecule has 0 saturated heterocycles. The third kappa shape index (κ3) is 3.98. The molecule has 3 N–H and O–H groups in total. The molecular weight excluding hydrogens is 494 g/mol. The van der Waals surface area contributed by atoms with Gasteiger partial charge in [-0.3, -0.25) is 9.36 Å². The summed E-state index contributed by atoms with van der Waals surface area (Å²) in [5.74, 6) is -0.303. The highest BCUT2D eigenvalue weighted by atomic mass is 16.4. The van der Waals surface area contributed by atoms with Gasteiger partial charge in [-0.25, -0.2) is 24.4 Å². The Morgan fingerprint density at radius 2 is 1.74 bits per heavy atom. The van der Waals surface area contributed by atoms with Crippen molar-refractivity contribution < 1.29 is 9.90 Å². The van der Waals surface area contributed by atoms with E-state index in [1.54, 1.807) is 27.6 Å². The molecule has 0 aliphatic rings. The summed E-state index contributed by atoms with van der Waals surface area (Å²) in [5.41, 5.74) is 10.0. The summed E-state index contributed by atoms with van der Waals surface area (Å²) >= 11 is 0. The minimum absolute atomic E-state index is 0.120. The van der Waals surface area contributed by atoms with Gasteiger partial charge in [0, 0.05) is 11.8 Å². The molecule has 4 aromatic heterocycles. The highest BCUT2D eigenvalue weighted by Crippen LogP contribution is 2.31. The van der Waals surface area contributed by atoms with E-state index in [-0.39, 0.29) is 23.5 Å². The van der Waals surface area contributed by atoms with Gasteiger partial charge in [-0.1, -0.05) is 36.4 Å². The Kier molecular flexibility index (Phi) is 5.64. The van der Waals surface area contributed by atoms with E-state index in [4.69, 9.17) is 10.8 Å². The van der Waals surface area contributed by atoms with Crippen molar-refractivity contribution in [2.45, 2.75) is 20.4 Å². The molecule has 0 spiro atoms. The highest BCUT2D eigenvalue weighted by Gasteiger charge is 2.21. The number of anilines is 1. The van der Waals surface area contributed by atoms with E-state index >= 15 is 0 Å². The fourth-order valence-corrected chi connectivity index (χ4v) is 4.94. The second-order valence-electron chi connectivity index (χ2n) is 9.31. The molecule has 6 aromatic rings. The summed E-state index contributed by atoms with van der Waals surface area (Å²) < 4.78 is 3.27. The van der Waals surface area contributed by atoms with Gasteiger partial charge in [0.1, 0.15) is 23.7 Å². The van der Waals surface area contributed by atoms with Crippen LogP contribution in [-0.2, 0) is 6.54 Å². The lowest BCUT2D eigenvalue weighted by atomic mass is 10.1. The van der Waals surface area contributed by atoms with Crippen LogP contribution in [0.3, 0.4) is 0 Å². The Morgan fingerprint density at radius 3 is 2.54 bits per heavy atom. The number of nitrogen functional groups attached to an aromatic ring is 1. The van der Waals surface area contributed by atoms with Crippen molar-refractivity contribution in [3.8, 4) is 17.1 Å². The fourth-order valence-electron chi connectivity index (χ4n) is 4.94. The summed E-state index contributed by atoms with van der Waals surface area (Å²) in [6.07, 6.45) is 3.01. The van der Waals surface area contributed by atoms with Crippen molar-refractivity contribution in [3.63, 3.8) is 0 Å². The molecule has 0 aliphatic heterocycles. The molecule has 10 nitrogen and oxygen atoms in total. The fraction of sp³-hybridized carbons (Fsp3) is 0.103. The first-order chi connectivity index (χ1) is 18.8. The first kappa shape index (κ1) is 24.0. The summed E-state index contributed by atoms with van der Waals surface area (Å²) in [7, 11) is 0. The number of carbonyl (C=O) groups is 1. The van der Waals surface area contributed by atoms with Crippen molar-refractivity contribution in [3.05, 3.63) is 106 Å². The Balaban J connectivity index is 1.61. The Bertz CT molecular complexity index is 1990. The van der Waals surface area contributed by atoms with Crippen LogP contribution in [0.5, 0.6) is 0 Å². The number of hydrogen-bond donors (Lipinski definition) is 2. The maximum absolute atomic E-state index is 14.0. The molecule has 192 valence electrons. The number of rotatable bonds is 5. The molecule has 0 amide bonds. The molecule has 0 fully saturated rings. The van der Waals surface area contributed by atoms with E-state index in [1.165, 1.54) is 18.5 Å². The van der Waals surface area contributed by atoms with E-state index in [9.17, 15) is 14.7 Å².